The molecule has 0 saturated heterocycles. The summed E-state index contributed by atoms with van der Waals surface area (Å²) >= 11 is 0. The molecular weight excluding hydrogens is 507 g/mol. The van der Waals surface area contributed by atoms with Gasteiger partial charge in [-0.2, -0.15) is 0 Å². The van der Waals surface area contributed by atoms with E-state index in [1.54, 1.807) is 13.8 Å². The van der Waals surface area contributed by atoms with Crippen LogP contribution >= 0.6 is 7.60 Å². The van der Waals surface area contributed by atoms with E-state index >= 15 is 0 Å². The third-order valence-corrected chi connectivity index (χ3v) is 8.92. The summed E-state index contributed by atoms with van der Waals surface area (Å²) in [5.74, 6) is 0.269. The average molecular weight is 559 g/mol. The van der Waals surface area contributed by atoms with Crippen LogP contribution in [0.25, 0.3) is 0 Å². The maximum Gasteiger partial charge on any atom is 0.444 e. The van der Waals surface area contributed by atoms with Crippen LogP contribution in [0.4, 0.5) is 0 Å². The molecule has 0 spiro atoms. The van der Waals surface area contributed by atoms with E-state index in [9.17, 15) is 9.36 Å². The third kappa shape index (κ3) is 8.13. The number of hydrogen-bond acceptors (Lipinski definition) is 5. The smallest absolute Gasteiger partial charge is 0.444 e. The Morgan fingerprint density at radius 3 is 1.33 bits per heavy atom. The fraction of sp³-hybridized carbons (Fsp3) is 0.606. The van der Waals surface area contributed by atoms with Crippen LogP contribution in [-0.4, -0.2) is 18.2 Å². The monoisotopic (exact) mass is 558 g/mol. The van der Waals surface area contributed by atoms with Gasteiger partial charge < -0.3 is 13.8 Å². The molecule has 0 heterocycles. The van der Waals surface area contributed by atoms with E-state index in [0.29, 0.717) is 11.5 Å². The van der Waals surface area contributed by atoms with Gasteiger partial charge in [-0.1, -0.05) is 107 Å². The molecule has 1 atom stereocenters. The van der Waals surface area contributed by atoms with Gasteiger partial charge in [0.25, 0.3) is 0 Å². The van der Waals surface area contributed by atoms with Crippen molar-refractivity contribution in [2.45, 2.75) is 124 Å². The Labute approximate surface area is 237 Å². The van der Waals surface area contributed by atoms with E-state index in [-0.39, 0.29) is 28.3 Å². The molecule has 0 aliphatic heterocycles. The second kappa shape index (κ2) is 11.3. The van der Waals surface area contributed by atoms with Gasteiger partial charge in [-0.25, -0.2) is 4.57 Å². The van der Waals surface area contributed by atoms with Crippen LogP contribution in [0.15, 0.2) is 36.4 Å². The Kier molecular flexibility index (Phi) is 9.56. The van der Waals surface area contributed by atoms with Crippen LogP contribution in [0.5, 0.6) is 11.5 Å². The van der Waals surface area contributed by atoms with Gasteiger partial charge in [-0.05, 0) is 58.8 Å². The number of carbonyl (C=O) groups is 1. The Hall–Kier alpha value is -2.26. The van der Waals surface area contributed by atoms with Crippen molar-refractivity contribution in [3.05, 3.63) is 58.7 Å². The van der Waals surface area contributed by atoms with Gasteiger partial charge in [0.2, 0.25) is 0 Å². The Morgan fingerprint density at radius 2 is 1.05 bits per heavy atom. The predicted molar refractivity (Wildman–Crippen MR) is 163 cm³/mol. The topological polar surface area (TPSA) is 61.8 Å². The van der Waals surface area contributed by atoms with Gasteiger partial charge in [0.1, 0.15) is 11.5 Å². The molecule has 2 aromatic carbocycles. The molecule has 0 aromatic heterocycles. The minimum atomic E-state index is -4.12. The van der Waals surface area contributed by atoms with Crippen molar-refractivity contribution >= 4 is 13.6 Å². The molecule has 0 bridgehead atoms. The molecule has 5 nitrogen and oxygen atoms in total. The van der Waals surface area contributed by atoms with Crippen molar-refractivity contribution < 1.29 is 23.1 Å². The summed E-state index contributed by atoms with van der Waals surface area (Å²) in [6, 6.07) is 11.9. The zero-order valence-electron chi connectivity index (χ0n) is 26.7. The molecule has 0 aliphatic rings. The number of carbonyl (C=O) groups excluding carboxylic acids is 1. The molecule has 0 N–H and O–H groups in total. The zero-order valence-corrected chi connectivity index (χ0v) is 27.6. The molecule has 0 radical (unpaired) electrons. The number of benzene rings is 2. The highest BCUT2D eigenvalue weighted by molar-refractivity contribution is 7.56. The number of rotatable bonds is 7. The fourth-order valence-corrected chi connectivity index (χ4v) is 5.72. The van der Waals surface area contributed by atoms with E-state index in [4.69, 9.17) is 13.8 Å². The molecule has 0 saturated carbocycles. The van der Waals surface area contributed by atoms with Crippen LogP contribution in [0.1, 0.15) is 119 Å². The number of esters is 1. The first-order chi connectivity index (χ1) is 17.5. The summed E-state index contributed by atoms with van der Waals surface area (Å²) in [4.78, 5) is 13.0. The highest BCUT2D eigenvalue weighted by Gasteiger charge is 2.44. The SMILES string of the molecule is CCOC(=O)C(C)P(=O)(Oc1ccc(C(C)(C)C)cc1C(C)(C)C)Oc1ccc(C(C)(C)C)cc1C(C)(C)C. The van der Waals surface area contributed by atoms with E-state index in [0.717, 1.165) is 22.3 Å². The first-order valence-corrected chi connectivity index (χ1v) is 15.6. The minimum Gasteiger partial charge on any atom is -0.465 e. The standard InChI is InChI=1S/C33H51O5P/c1-15-36-29(34)22(2)39(35,37-27-18-16-23(30(3,4)5)20-25(27)32(9,10)11)38-28-19-17-24(31(6,7)8)21-26(28)33(12,13)14/h16-22H,15H2,1-14H3. The zero-order chi connectivity index (χ0) is 30.2. The lowest BCUT2D eigenvalue weighted by Gasteiger charge is -2.32. The van der Waals surface area contributed by atoms with Gasteiger partial charge in [-0.15, -0.1) is 0 Å². The van der Waals surface area contributed by atoms with Crippen molar-refractivity contribution in [3.63, 3.8) is 0 Å². The Balaban J connectivity index is 2.75. The van der Waals surface area contributed by atoms with Crippen LogP contribution in [0.3, 0.4) is 0 Å². The lowest BCUT2D eigenvalue weighted by atomic mass is 9.80. The summed E-state index contributed by atoms with van der Waals surface area (Å²) < 4.78 is 32.7. The van der Waals surface area contributed by atoms with Crippen molar-refractivity contribution in [1.82, 2.24) is 0 Å². The first kappa shape index (κ1) is 32.9. The largest absolute Gasteiger partial charge is 0.465 e. The highest BCUT2D eigenvalue weighted by atomic mass is 31.2. The summed E-state index contributed by atoms with van der Waals surface area (Å²) in [6.45, 7) is 28.9. The molecule has 39 heavy (non-hydrogen) atoms. The first-order valence-electron chi connectivity index (χ1n) is 14.0. The van der Waals surface area contributed by atoms with Crippen LogP contribution in [-0.2, 0) is 35.8 Å². The van der Waals surface area contributed by atoms with Crippen LogP contribution < -0.4 is 9.05 Å². The molecule has 2 rings (SSSR count). The summed E-state index contributed by atoms with van der Waals surface area (Å²) in [5.41, 5.74) is 2.17. The van der Waals surface area contributed by atoms with Gasteiger partial charge in [-0.3, -0.25) is 4.79 Å². The molecule has 0 aliphatic carbocycles. The summed E-state index contributed by atoms with van der Waals surface area (Å²) in [6.07, 6.45) is 0. The summed E-state index contributed by atoms with van der Waals surface area (Å²) in [5, 5.41) is 0. The second-order valence-electron chi connectivity index (χ2n) is 14.6. The molecule has 0 fully saturated rings. The molecule has 1 unspecified atom stereocenters. The fourth-order valence-electron chi connectivity index (χ4n) is 4.17. The van der Waals surface area contributed by atoms with Crippen molar-refractivity contribution in [1.29, 1.82) is 0 Å². The second-order valence-corrected chi connectivity index (χ2v) is 16.8. The van der Waals surface area contributed by atoms with E-state index in [2.05, 4.69) is 95.2 Å². The predicted octanol–water partition coefficient (Wildman–Crippen LogP) is 9.48. The molecule has 2 aromatic rings. The molecule has 6 heteroatoms. The van der Waals surface area contributed by atoms with Crippen molar-refractivity contribution in [2.75, 3.05) is 6.61 Å². The van der Waals surface area contributed by atoms with Gasteiger partial charge >= 0.3 is 13.6 Å². The molecule has 218 valence electrons. The van der Waals surface area contributed by atoms with E-state index < -0.39 is 19.2 Å². The lowest BCUT2D eigenvalue weighted by molar-refractivity contribution is -0.142. The van der Waals surface area contributed by atoms with Gasteiger partial charge in [0.15, 0.2) is 5.66 Å². The Morgan fingerprint density at radius 1 is 0.692 bits per heavy atom. The normalized spacial score (nSPS) is 14.1. The Bertz CT molecular complexity index is 1140. The lowest BCUT2D eigenvalue weighted by Crippen LogP contribution is -2.27. The summed E-state index contributed by atoms with van der Waals surface area (Å²) in [7, 11) is -4.12. The maximum absolute atomic E-state index is 14.7. The van der Waals surface area contributed by atoms with E-state index in [1.165, 1.54) is 0 Å². The highest BCUT2D eigenvalue weighted by Crippen LogP contribution is 2.56. The third-order valence-electron chi connectivity index (χ3n) is 6.86. The van der Waals surface area contributed by atoms with Gasteiger partial charge in [0, 0.05) is 11.1 Å². The number of ether oxygens (including phenoxy) is 1. The molecule has 0 amide bonds. The van der Waals surface area contributed by atoms with Crippen molar-refractivity contribution in [3.8, 4) is 11.5 Å². The number of hydrogen-bond donors (Lipinski definition) is 0. The average Bonchev–Trinajstić information content (AvgIpc) is 2.76. The quantitative estimate of drug-likeness (QED) is 0.250. The molecular formula is C33H51O5P. The van der Waals surface area contributed by atoms with E-state index in [1.807, 2.05) is 24.3 Å². The maximum atomic E-state index is 14.7. The van der Waals surface area contributed by atoms with Crippen molar-refractivity contribution in [2.24, 2.45) is 0 Å². The van der Waals surface area contributed by atoms with Crippen LogP contribution in [0, 0.1) is 0 Å². The minimum absolute atomic E-state index is 0.0760. The van der Waals surface area contributed by atoms with Gasteiger partial charge in [0.05, 0.1) is 6.61 Å². The van der Waals surface area contributed by atoms with Crippen LogP contribution in [0.2, 0.25) is 0 Å².